The van der Waals surface area contributed by atoms with E-state index in [4.69, 9.17) is 4.74 Å². The summed E-state index contributed by atoms with van der Waals surface area (Å²) in [6.45, 7) is 8.02. The molecule has 0 amide bonds. The van der Waals surface area contributed by atoms with Crippen LogP contribution in [-0.2, 0) is 17.5 Å². The fourth-order valence-corrected chi connectivity index (χ4v) is 2.85. The van der Waals surface area contributed by atoms with Crippen LogP contribution in [-0.4, -0.2) is 56.3 Å². The Bertz CT molecular complexity index is 637. The van der Waals surface area contributed by atoms with Crippen LogP contribution in [0.25, 0.3) is 0 Å². The molecule has 1 aliphatic heterocycles. The molecule has 1 fully saturated rings. The SMILES string of the molecule is CCNC(=NCc1ccc(F)cc1C(F)(F)F)NCC(C)N1CCOCC1.I. The van der Waals surface area contributed by atoms with Crippen LogP contribution in [0.1, 0.15) is 25.0 Å². The lowest BCUT2D eigenvalue weighted by molar-refractivity contribution is -0.138. The first-order chi connectivity index (χ1) is 12.8. The summed E-state index contributed by atoms with van der Waals surface area (Å²) in [5.41, 5.74) is -1.06. The molecule has 1 aromatic carbocycles. The van der Waals surface area contributed by atoms with Crippen LogP contribution in [0.3, 0.4) is 0 Å². The number of morpholine rings is 1. The van der Waals surface area contributed by atoms with E-state index in [2.05, 4.69) is 27.4 Å². The molecule has 1 heterocycles. The molecule has 0 spiro atoms. The number of alkyl halides is 3. The fraction of sp³-hybridized carbons (Fsp3) is 0.611. The van der Waals surface area contributed by atoms with Crippen molar-refractivity contribution in [2.24, 2.45) is 4.99 Å². The summed E-state index contributed by atoms with van der Waals surface area (Å²) in [4.78, 5) is 6.51. The molecule has 0 aliphatic carbocycles. The summed E-state index contributed by atoms with van der Waals surface area (Å²) in [5, 5.41) is 6.18. The summed E-state index contributed by atoms with van der Waals surface area (Å²) < 4.78 is 57.8. The van der Waals surface area contributed by atoms with Gasteiger partial charge in [0.25, 0.3) is 0 Å². The Labute approximate surface area is 179 Å². The van der Waals surface area contributed by atoms with Gasteiger partial charge in [-0.1, -0.05) is 6.07 Å². The van der Waals surface area contributed by atoms with Crippen molar-refractivity contribution in [3.8, 4) is 0 Å². The third-order valence-electron chi connectivity index (χ3n) is 4.36. The zero-order chi connectivity index (χ0) is 19.9. The van der Waals surface area contributed by atoms with E-state index in [0.717, 1.165) is 25.2 Å². The van der Waals surface area contributed by atoms with E-state index < -0.39 is 17.6 Å². The highest BCUT2D eigenvalue weighted by Crippen LogP contribution is 2.32. The average molecular weight is 518 g/mol. The maximum atomic E-state index is 13.2. The van der Waals surface area contributed by atoms with E-state index in [1.165, 1.54) is 0 Å². The Morgan fingerprint density at radius 3 is 2.54 bits per heavy atom. The van der Waals surface area contributed by atoms with Gasteiger partial charge in [-0.15, -0.1) is 24.0 Å². The highest BCUT2D eigenvalue weighted by molar-refractivity contribution is 14.0. The third kappa shape index (κ3) is 7.70. The van der Waals surface area contributed by atoms with Crippen molar-refractivity contribution in [2.45, 2.75) is 32.6 Å². The van der Waals surface area contributed by atoms with Crippen LogP contribution in [0, 0.1) is 5.82 Å². The van der Waals surface area contributed by atoms with E-state index in [1.54, 1.807) is 0 Å². The van der Waals surface area contributed by atoms with Gasteiger partial charge in [-0.3, -0.25) is 4.90 Å². The Morgan fingerprint density at radius 2 is 1.93 bits per heavy atom. The number of hydrogen-bond donors (Lipinski definition) is 2. The number of nitrogens with zero attached hydrogens (tertiary/aromatic N) is 2. The molecule has 1 aliphatic rings. The van der Waals surface area contributed by atoms with Crippen LogP contribution < -0.4 is 10.6 Å². The number of ether oxygens (including phenoxy) is 1. The van der Waals surface area contributed by atoms with Gasteiger partial charge in [0.1, 0.15) is 5.82 Å². The van der Waals surface area contributed by atoms with Gasteiger partial charge in [-0.25, -0.2) is 9.38 Å². The normalized spacial score (nSPS) is 17.0. The number of hydrogen-bond acceptors (Lipinski definition) is 3. The summed E-state index contributed by atoms with van der Waals surface area (Å²) in [6.07, 6.45) is -4.62. The van der Waals surface area contributed by atoms with Crippen molar-refractivity contribution in [1.82, 2.24) is 15.5 Å². The molecule has 160 valence electrons. The van der Waals surface area contributed by atoms with E-state index in [0.29, 0.717) is 38.3 Å². The first-order valence-electron chi connectivity index (χ1n) is 9.01. The number of benzene rings is 1. The van der Waals surface area contributed by atoms with Crippen LogP contribution in [0.15, 0.2) is 23.2 Å². The minimum atomic E-state index is -4.62. The Morgan fingerprint density at radius 1 is 1.25 bits per heavy atom. The molecule has 1 saturated heterocycles. The summed E-state index contributed by atoms with van der Waals surface area (Å²) in [5.74, 6) is -0.491. The maximum Gasteiger partial charge on any atom is 0.416 e. The third-order valence-corrected chi connectivity index (χ3v) is 4.36. The molecule has 0 radical (unpaired) electrons. The summed E-state index contributed by atoms with van der Waals surface area (Å²) >= 11 is 0. The smallest absolute Gasteiger partial charge is 0.379 e. The molecule has 5 nitrogen and oxygen atoms in total. The minimum absolute atomic E-state index is 0. The van der Waals surface area contributed by atoms with Crippen molar-refractivity contribution < 1.29 is 22.3 Å². The van der Waals surface area contributed by atoms with Crippen LogP contribution in [0.4, 0.5) is 17.6 Å². The van der Waals surface area contributed by atoms with Crippen LogP contribution >= 0.6 is 24.0 Å². The van der Waals surface area contributed by atoms with Crippen molar-refractivity contribution in [3.05, 3.63) is 35.1 Å². The monoisotopic (exact) mass is 518 g/mol. The van der Waals surface area contributed by atoms with Gasteiger partial charge in [0.15, 0.2) is 5.96 Å². The van der Waals surface area contributed by atoms with Crippen molar-refractivity contribution in [3.63, 3.8) is 0 Å². The van der Waals surface area contributed by atoms with Gasteiger partial charge in [-0.05, 0) is 31.5 Å². The number of guanidine groups is 1. The average Bonchev–Trinajstić information content (AvgIpc) is 2.64. The molecular weight excluding hydrogens is 491 g/mol. The number of halogens is 5. The van der Waals surface area contributed by atoms with Crippen molar-refractivity contribution in [2.75, 3.05) is 39.4 Å². The van der Waals surface area contributed by atoms with Gasteiger partial charge in [0.2, 0.25) is 0 Å². The molecule has 0 saturated carbocycles. The molecule has 2 N–H and O–H groups in total. The Kier molecular flexibility index (Phi) is 10.5. The first-order valence-corrected chi connectivity index (χ1v) is 9.01. The summed E-state index contributed by atoms with van der Waals surface area (Å²) in [6, 6.07) is 2.88. The molecule has 1 unspecified atom stereocenters. The molecule has 0 bridgehead atoms. The number of nitrogens with one attached hydrogen (secondary N) is 2. The zero-order valence-electron chi connectivity index (χ0n) is 16.0. The first kappa shape index (κ1) is 24.9. The van der Waals surface area contributed by atoms with Crippen LogP contribution in [0.2, 0.25) is 0 Å². The van der Waals surface area contributed by atoms with Gasteiger partial charge in [-0.2, -0.15) is 13.2 Å². The predicted molar refractivity (Wildman–Crippen MR) is 111 cm³/mol. The summed E-state index contributed by atoms with van der Waals surface area (Å²) in [7, 11) is 0. The zero-order valence-corrected chi connectivity index (χ0v) is 18.3. The molecular formula is C18H27F4IN4O. The molecule has 10 heteroatoms. The van der Waals surface area contributed by atoms with Gasteiger partial charge >= 0.3 is 6.18 Å². The van der Waals surface area contributed by atoms with E-state index in [1.807, 2.05) is 6.92 Å². The van der Waals surface area contributed by atoms with Gasteiger partial charge in [0.05, 0.1) is 25.3 Å². The second-order valence-corrected chi connectivity index (χ2v) is 6.37. The lowest BCUT2D eigenvalue weighted by Crippen LogP contribution is -2.49. The largest absolute Gasteiger partial charge is 0.416 e. The van der Waals surface area contributed by atoms with E-state index in [9.17, 15) is 17.6 Å². The standard InChI is InChI=1S/C18H26F4N4O.HI/c1-3-23-17(24-11-13(2)26-6-8-27-9-7-26)25-12-14-4-5-15(19)10-16(14)18(20,21)22;/h4-5,10,13H,3,6-9,11-12H2,1-2H3,(H2,23,24,25);1H. The minimum Gasteiger partial charge on any atom is -0.379 e. The second kappa shape index (κ2) is 11.8. The molecule has 28 heavy (non-hydrogen) atoms. The van der Waals surface area contributed by atoms with Crippen molar-refractivity contribution in [1.29, 1.82) is 0 Å². The molecule has 1 aromatic rings. The number of rotatable bonds is 6. The quantitative estimate of drug-likeness (QED) is 0.263. The van der Waals surface area contributed by atoms with Crippen LogP contribution in [0.5, 0.6) is 0 Å². The van der Waals surface area contributed by atoms with Gasteiger partial charge < -0.3 is 15.4 Å². The number of aliphatic imine (C=N–C) groups is 1. The topological polar surface area (TPSA) is 48.9 Å². The lowest BCUT2D eigenvalue weighted by atomic mass is 10.1. The van der Waals surface area contributed by atoms with Gasteiger partial charge in [0, 0.05) is 32.2 Å². The lowest BCUT2D eigenvalue weighted by Gasteiger charge is -2.32. The van der Waals surface area contributed by atoms with E-state index in [-0.39, 0.29) is 42.1 Å². The predicted octanol–water partition coefficient (Wildman–Crippen LogP) is 3.24. The van der Waals surface area contributed by atoms with E-state index >= 15 is 0 Å². The fourth-order valence-electron chi connectivity index (χ4n) is 2.85. The highest BCUT2D eigenvalue weighted by Gasteiger charge is 2.33. The Balaban J connectivity index is 0.00000392. The Hall–Kier alpha value is -1.14. The molecule has 2 rings (SSSR count). The van der Waals surface area contributed by atoms with Crippen molar-refractivity contribution >= 4 is 29.9 Å². The maximum absolute atomic E-state index is 13.2. The molecule has 1 atom stereocenters. The molecule has 0 aromatic heterocycles. The second-order valence-electron chi connectivity index (χ2n) is 6.37. The highest BCUT2D eigenvalue weighted by atomic mass is 127.